The van der Waals surface area contributed by atoms with Crippen LogP contribution >= 0.6 is 0 Å². The lowest BCUT2D eigenvalue weighted by molar-refractivity contribution is 0.191. The molecule has 2 N–H and O–H groups in total. The van der Waals surface area contributed by atoms with Crippen LogP contribution in [0, 0.1) is 0 Å². The number of hydrogen-bond donors (Lipinski definition) is 2. The Labute approximate surface area is 142 Å². The molecule has 0 aromatic rings. The second-order valence-corrected chi connectivity index (χ2v) is 14.9. The largest absolute Gasteiger partial charge is 0.315 e. The van der Waals surface area contributed by atoms with Crippen molar-refractivity contribution in [2.75, 3.05) is 0 Å². The van der Waals surface area contributed by atoms with Crippen LogP contribution in [0.25, 0.3) is 0 Å². The minimum atomic E-state index is -0.918. The summed E-state index contributed by atoms with van der Waals surface area (Å²) in [6, 6.07) is 0. The summed E-state index contributed by atoms with van der Waals surface area (Å²) in [5.41, 5.74) is 0.633. The first-order valence-electron chi connectivity index (χ1n) is 8.34. The van der Waals surface area contributed by atoms with Gasteiger partial charge in [-0.3, -0.25) is 8.46 Å². The average molecular weight is 343 g/mol. The molecule has 0 spiro atoms. The van der Waals surface area contributed by atoms with Gasteiger partial charge in [0.05, 0.1) is 0 Å². The van der Waals surface area contributed by atoms with Crippen LogP contribution in [0.15, 0.2) is 0 Å². The molecule has 1 saturated heterocycles. The summed E-state index contributed by atoms with van der Waals surface area (Å²) < 4.78 is 5.51. The Kier molecular flexibility index (Phi) is 5.51. The highest BCUT2D eigenvalue weighted by atomic mass is 28.4. The van der Waals surface area contributed by atoms with E-state index in [-0.39, 0.29) is 22.2 Å². The van der Waals surface area contributed by atoms with Crippen molar-refractivity contribution in [2.24, 2.45) is 0 Å². The normalized spacial score (nSPS) is 21.3. The molecule has 1 rings (SSSR count). The zero-order valence-corrected chi connectivity index (χ0v) is 18.9. The quantitative estimate of drug-likeness (QED) is 0.755. The van der Waals surface area contributed by atoms with Gasteiger partial charge < -0.3 is 9.96 Å². The highest BCUT2D eigenvalue weighted by Gasteiger charge is 2.60. The van der Waals surface area contributed by atoms with E-state index in [1.807, 2.05) is 0 Å². The van der Waals surface area contributed by atoms with Gasteiger partial charge in [0.1, 0.15) is 0 Å². The fraction of sp³-hybridized carbons (Fsp3) is 1.00. The molecule has 0 atom stereocenters. The van der Waals surface area contributed by atoms with Gasteiger partial charge in [-0.25, -0.2) is 0 Å². The van der Waals surface area contributed by atoms with Crippen molar-refractivity contribution in [1.82, 2.24) is 18.4 Å². The molecule has 22 heavy (non-hydrogen) atoms. The molecular formula is C16H38N4Si2. The SMILES string of the molecule is CC(C)(C)N[Si]1N(C(C)(C)C)[Si](NC(C)(C)C)N1C(C)(C)C. The van der Waals surface area contributed by atoms with E-state index >= 15 is 0 Å². The van der Waals surface area contributed by atoms with Crippen molar-refractivity contribution in [3.05, 3.63) is 0 Å². The maximum atomic E-state index is 3.92. The molecule has 0 bridgehead atoms. The first-order valence-corrected chi connectivity index (χ1v) is 11.1. The maximum Gasteiger partial charge on any atom is 0.315 e. The zero-order chi connectivity index (χ0) is 17.7. The standard InChI is InChI=1S/C16H38N4Si2/c1-13(2,3)17-21-19(15(7,8)9)22(18-14(4,5)6)20(21)16(10,11)12/h17-18H,1-12H3. The Morgan fingerprint density at radius 3 is 0.864 bits per heavy atom. The third kappa shape index (κ3) is 5.14. The first-order chi connectivity index (χ1) is 9.43. The Balaban J connectivity index is 3.16. The molecule has 4 nitrogen and oxygen atoms in total. The molecule has 0 aliphatic carbocycles. The maximum absolute atomic E-state index is 3.92. The molecule has 1 heterocycles. The van der Waals surface area contributed by atoms with Crippen LogP contribution in [0.2, 0.25) is 0 Å². The van der Waals surface area contributed by atoms with Crippen LogP contribution in [0.5, 0.6) is 0 Å². The summed E-state index contributed by atoms with van der Waals surface area (Å²) in [7, 11) is -1.84. The van der Waals surface area contributed by atoms with Crippen LogP contribution < -0.4 is 9.96 Å². The molecule has 0 aromatic heterocycles. The smallest absolute Gasteiger partial charge is 0.308 e. The molecule has 0 unspecified atom stereocenters. The highest BCUT2D eigenvalue weighted by Crippen LogP contribution is 2.34. The molecule has 2 radical (unpaired) electrons. The van der Waals surface area contributed by atoms with Gasteiger partial charge in [-0.15, -0.1) is 0 Å². The van der Waals surface area contributed by atoms with Crippen molar-refractivity contribution in [1.29, 1.82) is 0 Å². The van der Waals surface area contributed by atoms with Crippen LogP contribution in [0.4, 0.5) is 0 Å². The number of nitrogens with one attached hydrogen (secondary N) is 2. The van der Waals surface area contributed by atoms with Gasteiger partial charge in [-0.1, -0.05) is 0 Å². The number of hydrogen-bond acceptors (Lipinski definition) is 4. The predicted octanol–water partition coefficient (Wildman–Crippen LogP) is 2.95. The van der Waals surface area contributed by atoms with Gasteiger partial charge in [-0.05, 0) is 83.1 Å². The lowest BCUT2D eigenvalue weighted by Crippen LogP contribution is -2.93. The monoisotopic (exact) mass is 342 g/mol. The molecule has 130 valence electrons. The van der Waals surface area contributed by atoms with Gasteiger partial charge in [0.15, 0.2) is 0 Å². The van der Waals surface area contributed by atoms with E-state index < -0.39 is 18.6 Å². The van der Waals surface area contributed by atoms with E-state index in [0.29, 0.717) is 0 Å². The van der Waals surface area contributed by atoms with Crippen molar-refractivity contribution in [2.45, 2.75) is 105 Å². The third-order valence-electron chi connectivity index (χ3n) is 3.16. The van der Waals surface area contributed by atoms with E-state index in [4.69, 9.17) is 0 Å². The fourth-order valence-corrected chi connectivity index (χ4v) is 10.1. The molecule has 6 heteroatoms. The molecule has 1 aliphatic heterocycles. The van der Waals surface area contributed by atoms with Crippen LogP contribution in [-0.2, 0) is 0 Å². The minimum absolute atomic E-state index is 0.135. The molecule has 0 saturated carbocycles. The number of rotatable bonds is 2. The van der Waals surface area contributed by atoms with Crippen LogP contribution in [0.3, 0.4) is 0 Å². The van der Waals surface area contributed by atoms with Crippen molar-refractivity contribution in [3.8, 4) is 0 Å². The van der Waals surface area contributed by atoms with Gasteiger partial charge in [0.25, 0.3) is 0 Å². The second kappa shape index (κ2) is 5.97. The van der Waals surface area contributed by atoms with Gasteiger partial charge >= 0.3 is 18.6 Å². The molecule has 0 aromatic carbocycles. The summed E-state index contributed by atoms with van der Waals surface area (Å²) in [5, 5.41) is 0. The topological polar surface area (TPSA) is 30.5 Å². The third-order valence-corrected chi connectivity index (χ3v) is 12.0. The van der Waals surface area contributed by atoms with Gasteiger partial charge in [0, 0.05) is 22.2 Å². The van der Waals surface area contributed by atoms with E-state index in [1.54, 1.807) is 0 Å². The predicted molar refractivity (Wildman–Crippen MR) is 100 cm³/mol. The number of nitrogens with zero attached hydrogens (tertiary/aromatic N) is 2. The van der Waals surface area contributed by atoms with E-state index in [0.717, 1.165) is 0 Å². The van der Waals surface area contributed by atoms with Crippen LogP contribution in [0.1, 0.15) is 83.1 Å². The first kappa shape index (κ1) is 20.3. The molecule has 1 fully saturated rings. The summed E-state index contributed by atoms with van der Waals surface area (Å²) in [5.74, 6) is 0. The highest BCUT2D eigenvalue weighted by molar-refractivity contribution is 6.84. The van der Waals surface area contributed by atoms with Gasteiger partial charge in [0.2, 0.25) is 0 Å². The average Bonchev–Trinajstić information content (AvgIpc) is 2.04. The Hall–Kier alpha value is 0.274. The van der Waals surface area contributed by atoms with Crippen molar-refractivity contribution < 1.29 is 0 Å². The minimum Gasteiger partial charge on any atom is -0.308 e. The Morgan fingerprint density at radius 1 is 0.500 bits per heavy atom. The Morgan fingerprint density at radius 2 is 0.727 bits per heavy atom. The summed E-state index contributed by atoms with van der Waals surface area (Å²) in [6.45, 7) is 27.7. The second-order valence-electron chi connectivity index (χ2n) is 10.4. The zero-order valence-electron chi connectivity index (χ0n) is 16.9. The fourth-order valence-electron chi connectivity index (χ4n) is 2.52. The Bertz CT molecular complexity index is 339. The lowest BCUT2D eigenvalue weighted by atomic mass is 10.1. The van der Waals surface area contributed by atoms with E-state index in [9.17, 15) is 0 Å². The molecule has 0 amide bonds. The molecular weight excluding hydrogens is 304 g/mol. The summed E-state index contributed by atoms with van der Waals surface area (Å²) in [4.78, 5) is 7.85. The van der Waals surface area contributed by atoms with Crippen molar-refractivity contribution in [3.63, 3.8) is 0 Å². The van der Waals surface area contributed by atoms with Crippen LogP contribution in [-0.4, -0.2) is 49.2 Å². The van der Waals surface area contributed by atoms with Crippen molar-refractivity contribution >= 4 is 18.6 Å². The van der Waals surface area contributed by atoms with Gasteiger partial charge in [-0.2, -0.15) is 0 Å². The molecule has 1 aliphatic rings. The van der Waals surface area contributed by atoms with E-state index in [2.05, 4.69) is 102 Å². The van der Waals surface area contributed by atoms with E-state index in [1.165, 1.54) is 0 Å². The summed E-state index contributed by atoms with van der Waals surface area (Å²) in [6.07, 6.45) is 0. The lowest BCUT2D eigenvalue weighted by Gasteiger charge is -2.65. The summed E-state index contributed by atoms with van der Waals surface area (Å²) >= 11 is 0.